The lowest BCUT2D eigenvalue weighted by atomic mass is 9.92. The summed E-state index contributed by atoms with van der Waals surface area (Å²) >= 11 is 0. The number of nitrogens with one attached hydrogen (secondary N) is 2. The number of benzene rings is 2. The largest absolute Gasteiger partial charge is 0.352 e. The Bertz CT molecular complexity index is 638. The third-order valence-electron chi connectivity index (χ3n) is 4.28. The van der Waals surface area contributed by atoms with E-state index in [0.29, 0.717) is 12.6 Å². The molecule has 0 aliphatic carbocycles. The molecule has 1 heterocycles. The molecular formula is C18H22N2O. The van der Waals surface area contributed by atoms with Crippen LogP contribution in [0.1, 0.15) is 25.3 Å². The van der Waals surface area contributed by atoms with E-state index < -0.39 is 0 Å². The van der Waals surface area contributed by atoms with Gasteiger partial charge >= 0.3 is 0 Å². The first-order chi connectivity index (χ1) is 10.2. The number of rotatable bonds is 3. The van der Waals surface area contributed by atoms with Crippen molar-refractivity contribution in [2.24, 2.45) is 5.92 Å². The van der Waals surface area contributed by atoms with Crippen LogP contribution < -0.4 is 10.6 Å². The van der Waals surface area contributed by atoms with Gasteiger partial charge in [-0.1, -0.05) is 36.4 Å². The van der Waals surface area contributed by atoms with Crippen molar-refractivity contribution in [3.05, 3.63) is 48.0 Å². The molecule has 2 atom stereocenters. The Balaban J connectivity index is 1.61. The number of amides is 1. The first-order valence-corrected chi connectivity index (χ1v) is 7.71. The van der Waals surface area contributed by atoms with Crippen molar-refractivity contribution in [1.29, 1.82) is 0 Å². The van der Waals surface area contributed by atoms with Gasteiger partial charge in [-0.05, 0) is 48.7 Å². The minimum Gasteiger partial charge on any atom is -0.352 e. The fourth-order valence-corrected chi connectivity index (χ4v) is 3.05. The Kier molecular flexibility index (Phi) is 4.20. The zero-order chi connectivity index (χ0) is 14.7. The molecule has 2 aromatic rings. The third-order valence-corrected chi connectivity index (χ3v) is 4.28. The highest BCUT2D eigenvalue weighted by Crippen LogP contribution is 2.18. The van der Waals surface area contributed by atoms with Crippen LogP contribution in [0.2, 0.25) is 0 Å². The first kappa shape index (κ1) is 14.1. The fraction of sp³-hybridized carbons (Fsp3) is 0.389. The first-order valence-electron chi connectivity index (χ1n) is 7.71. The van der Waals surface area contributed by atoms with E-state index in [2.05, 4.69) is 47.9 Å². The van der Waals surface area contributed by atoms with Gasteiger partial charge < -0.3 is 10.6 Å². The van der Waals surface area contributed by atoms with Crippen LogP contribution in [0.15, 0.2) is 42.5 Å². The average Bonchev–Trinajstić information content (AvgIpc) is 2.52. The van der Waals surface area contributed by atoms with Crippen molar-refractivity contribution in [2.45, 2.75) is 32.4 Å². The second-order valence-corrected chi connectivity index (χ2v) is 5.98. The van der Waals surface area contributed by atoms with Gasteiger partial charge in [-0.3, -0.25) is 4.79 Å². The molecule has 110 valence electrons. The normalized spacial score (nSPS) is 22.1. The quantitative estimate of drug-likeness (QED) is 0.909. The SMILES string of the molecule is C[C@H]1C[C@@H](C(=O)NCc2ccc3ccccc3c2)CCN1. The third kappa shape index (κ3) is 3.42. The number of piperidine rings is 1. The number of carbonyl (C=O) groups excluding carboxylic acids is 1. The summed E-state index contributed by atoms with van der Waals surface area (Å²) in [4.78, 5) is 12.2. The summed E-state index contributed by atoms with van der Waals surface area (Å²) in [6.07, 6.45) is 1.87. The molecule has 1 fully saturated rings. The van der Waals surface area contributed by atoms with Crippen molar-refractivity contribution < 1.29 is 4.79 Å². The minimum absolute atomic E-state index is 0.154. The predicted molar refractivity (Wildman–Crippen MR) is 86.0 cm³/mol. The highest BCUT2D eigenvalue weighted by molar-refractivity contribution is 5.83. The molecule has 3 rings (SSSR count). The van der Waals surface area contributed by atoms with Crippen LogP contribution in [-0.4, -0.2) is 18.5 Å². The van der Waals surface area contributed by atoms with E-state index in [4.69, 9.17) is 0 Å². The Labute approximate surface area is 125 Å². The van der Waals surface area contributed by atoms with Gasteiger partial charge in [-0.2, -0.15) is 0 Å². The Morgan fingerprint density at radius 3 is 2.86 bits per heavy atom. The van der Waals surface area contributed by atoms with Gasteiger partial charge in [0, 0.05) is 18.5 Å². The molecule has 0 spiro atoms. The minimum atomic E-state index is 0.154. The van der Waals surface area contributed by atoms with Gasteiger partial charge in [-0.15, -0.1) is 0 Å². The molecule has 1 aliphatic heterocycles. The van der Waals surface area contributed by atoms with E-state index in [-0.39, 0.29) is 11.8 Å². The summed E-state index contributed by atoms with van der Waals surface area (Å²) in [5, 5.41) is 8.93. The molecule has 0 saturated carbocycles. The van der Waals surface area contributed by atoms with Gasteiger partial charge in [0.1, 0.15) is 0 Å². The van der Waals surface area contributed by atoms with E-state index in [9.17, 15) is 4.79 Å². The number of hydrogen-bond donors (Lipinski definition) is 2. The van der Waals surface area contributed by atoms with Crippen molar-refractivity contribution in [2.75, 3.05) is 6.54 Å². The maximum Gasteiger partial charge on any atom is 0.223 e. The zero-order valence-corrected chi connectivity index (χ0v) is 12.4. The van der Waals surface area contributed by atoms with Crippen LogP contribution in [0.25, 0.3) is 10.8 Å². The maximum atomic E-state index is 12.2. The van der Waals surface area contributed by atoms with Crippen molar-refractivity contribution in [3.8, 4) is 0 Å². The summed E-state index contributed by atoms with van der Waals surface area (Å²) in [5.41, 5.74) is 1.16. The van der Waals surface area contributed by atoms with Crippen LogP contribution in [0.3, 0.4) is 0 Å². The van der Waals surface area contributed by atoms with E-state index in [0.717, 1.165) is 24.9 Å². The Morgan fingerprint density at radius 1 is 1.24 bits per heavy atom. The zero-order valence-electron chi connectivity index (χ0n) is 12.4. The molecule has 1 amide bonds. The lowest BCUT2D eigenvalue weighted by Gasteiger charge is -2.27. The molecule has 2 aromatic carbocycles. The molecule has 0 bridgehead atoms. The molecule has 3 nitrogen and oxygen atoms in total. The number of hydrogen-bond acceptors (Lipinski definition) is 2. The average molecular weight is 282 g/mol. The van der Waals surface area contributed by atoms with Gasteiger partial charge in [0.05, 0.1) is 0 Å². The lowest BCUT2D eigenvalue weighted by molar-refractivity contribution is -0.126. The lowest BCUT2D eigenvalue weighted by Crippen LogP contribution is -2.42. The number of fused-ring (bicyclic) bond motifs is 1. The molecule has 0 radical (unpaired) electrons. The fourth-order valence-electron chi connectivity index (χ4n) is 3.05. The molecule has 1 saturated heterocycles. The van der Waals surface area contributed by atoms with Crippen LogP contribution in [0.5, 0.6) is 0 Å². The Hall–Kier alpha value is -1.87. The maximum absolute atomic E-state index is 12.2. The molecular weight excluding hydrogens is 260 g/mol. The summed E-state index contributed by atoms with van der Waals surface area (Å²) in [7, 11) is 0. The van der Waals surface area contributed by atoms with Crippen molar-refractivity contribution in [1.82, 2.24) is 10.6 Å². The van der Waals surface area contributed by atoms with Crippen LogP contribution in [0, 0.1) is 5.92 Å². The summed E-state index contributed by atoms with van der Waals surface area (Å²) in [5.74, 6) is 0.346. The van der Waals surface area contributed by atoms with E-state index >= 15 is 0 Å². The molecule has 2 N–H and O–H groups in total. The smallest absolute Gasteiger partial charge is 0.223 e. The van der Waals surface area contributed by atoms with Crippen LogP contribution in [-0.2, 0) is 11.3 Å². The molecule has 0 aromatic heterocycles. The van der Waals surface area contributed by atoms with Crippen LogP contribution in [0.4, 0.5) is 0 Å². The predicted octanol–water partition coefficient (Wildman–Crippen LogP) is 2.84. The topological polar surface area (TPSA) is 41.1 Å². The van der Waals surface area contributed by atoms with Crippen LogP contribution >= 0.6 is 0 Å². The van der Waals surface area contributed by atoms with E-state index in [1.807, 2.05) is 12.1 Å². The van der Waals surface area contributed by atoms with Gasteiger partial charge in [0.2, 0.25) is 5.91 Å². The van der Waals surface area contributed by atoms with Gasteiger partial charge in [0.15, 0.2) is 0 Å². The van der Waals surface area contributed by atoms with Crippen molar-refractivity contribution in [3.63, 3.8) is 0 Å². The van der Waals surface area contributed by atoms with E-state index in [1.165, 1.54) is 10.8 Å². The van der Waals surface area contributed by atoms with E-state index in [1.54, 1.807) is 0 Å². The summed E-state index contributed by atoms with van der Waals surface area (Å²) in [6.45, 7) is 3.69. The highest BCUT2D eigenvalue weighted by Gasteiger charge is 2.24. The highest BCUT2D eigenvalue weighted by atomic mass is 16.1. The molecule has 0 unspecified atom stereocenters. The molecule has 21 heavy (non-hydrogen) atoms. The summed E-state index contributed by atoms with van der Waals surface area (Å²) in [6, 6.07) is 15.1. The van der Waals surface area contributed by atoms with Gasteiger partial charge in [0.25, 0.3) is 0 Å². The molecule has 3 heteroatoms. The van der Waals surface area contributed by atoms with Gasteiger partial charge in [-0.25, -0.2) is 0 Å². The van der Waals surface area contributed by atoms with Crippen molar-refractivity contribution >= 4 is 16.7 Å². The molecule has 1 aliphatic rings. The second-order valence-electron chi connectivity index (χ2n) is 5.98. The second kappa shape index (κ2) is 6.27. The number of carbonyl (C=O) groups is 1. The Morgan fingerprint density at radius 2 is 2.05 bits per heavy atom. The monoisotopic (exact) mass is 282 g/mol. The standard InChI is InChI=1S/C18H22N2O/c1-13-10-17(8-9-19-13)18(21)20-12-14-6-7-15-4-2-3-5-16(15)11-14/h2-7,11,13,17,19H,8-10,12H2,1H3,(H,20,21)/t13-,17-/m0/s1. The summed E-state index contributed by atoms with van der Waals surface area (Å²) < 4.78 is 0.